The van der Waals surface area contributed by atoms with Gasteiger partial charge in [0, 0.05) is 19.1 Å². The van der Waals surface area contributed by atoms with Crippen LogP contribution in [0.2, 0.25) is 0 Å². The molecule has 0 amide bonds. The van der Waals surface area contributed by atoms with Gasteiger partial charge in [0.05, 0.1) is 6.61 Å². The molecule has 2 unspecified atom stereocenters. The van der Waals surface area contributed by atoms with Gasteiger partial charge in [0.1, 0.15) is 5.54 Å². The minimum atomic E-state index is -0.527. The number of likely N-dealkylation sites (tertiary alicyclic amines) is 1. The Bertz CT molecular complexity index is 359. The van der Waals surface area contributed by atoms with Gasteiger partial charge in [-0.05, 0) is 66.2 Å². The minimum absolute atomic E-state index is 0.0778. The molecule has 2 atom stereocenters. The second-order valence-electron chi connectivity index (χ2n) is 6.69. The van der Waals surface area contributed by atoms with Crippen LogP contribution in [0.5, 0.6) is 0 Å². The van der Waals surface area contributed by atoms with Crippen LogP contribution in [-0.4, -0.2) is 74.7 Å². The summed E-state index contributed by atoms with van der Waals surface area (Å²) in [5.41, 5.74) is -0.527. The van der Waals surface area contributed by atoms with E-state index in [-0.39, 0.29) is 5.97 Å². The van der Waals surface area contributed by atoms with Crippen molar-refractivity contribution in [2.24, 2.45) is 5.92 Å². The molecule has 122 valence electrons. The molecule has 0 aromatic heterocycles. The van der Waals surface area contributed by atoms with Crippen molar-refractivity contribution in [3.63, 3.8) is 0 Å². The van der Waals surface area contributed by atoms with Gasteiger partial charge in [-0.1, -0.05) is 0 Å². The first-order valence-electron chi connectivity index (χ1n) is 8.28. The standard InChI is InChI=1S/C16H31N3O2/c1-5-21-15(20)16(17-2,13-8-9-13)12-19(4)14-7-6-10-18(3)11-14/h13-14,17H,5-12H2,1-4H3. The van der Waals surface area contributed by atoms with Crippen LogP contribution >= 0.6 is 0 Å². The molecule has 0 spiro atoms. The van der Waals surface area contributed by atoms with Crippen LogP contribution in [0.15, 0.2) is 0 Å². The van der Waals surface area contributed by atoms with Crippen molar-refractivity contribution in [3.8, 4) is 0 Å². The van der Waals surface area contributed by atoms with Gasteiger partial charge in [0.25, 0.3) is 0 Å². The Morgan fingerprint density at radius 1 is 1.43 bits per heavy atom. The number of nitrogens with zero attached hydrogens (tertiary/aromatic N) is 2. The first-order valence-corrected chi connectivity index (χ1v) is 8.28. The molecule has 1 aliphatic carbocycles. The summed E-state index contributed by atoms with van der Waals surface area (Å²) in [6.45, 7) is 5.34. The number of esters is 1. The van der Waals surface area contributed by atoms with E-state index in [2.05, 4.69) is 29.2 Å². The number of hydrogen-bond donors (Lipinski definition) is 1. The average molecular weight is 297 g/mol. The van der Waals surface area contributed by atoms with E-state index < -0.39 is 5.54 Å². The summed E-state index contributed by atoms with van der Waals surface area (Å²) in [5.74, 6) is 0.344. The Labute approximate surface area is 129 Å². The van der Waals surface area contributed by atoms with Crippen molar-refractivity contribution in [2.45, 2.75) is 44.2 Å². The first-order chi connectivity index (χ1) is 10.0. The molecule has 1 N–H and O–H groups in total. The highest BCUT2D eigenvalue weighted by atomic mass is 16.5. The minimum Gasteiger partial charge on any atom is -0.465 e. The molecule has 1 aliphatic heterocycles. The molecule has 1 heterocycles. The van der Waals surface area contributed by atoms with Gasteiger partial charge in [-0.3, -0.25) is 4.90 Å². The summed E-state index contributed by atoms with van der Waals surface area (Å²) in [6, 6.07) is 0.532. The van der Waals surface area contributed by atoms with Gasteiger partial charge < -0.3 is 15.0 Å². The molecule has 2 fully saturated rings. The number of ether oxygens (including phenoxy) is 1. The monoisotopic (exact) mass is 297 g/mol. The number of rotatable bonds is 7. The summed E-state index contributed by atoms with van der Waals surface area (Å²) in [4.78, 5) is 17.3. The van der Waals surface area contributed by atoms with Gasteiger partial charge in [-0.15, -0.1) is 0 Å². The fourth-order valence-corrected chi connectivity index (χ4v) is 3.60. The number of piperidine rings is 1. The third-order valence-corrected chi connectivity index (χ3v) is 5.08. The topological polar surface area (TPSA) is 44.8 Å². The van der Waals surface area contributed by atoms with Crippen LogP contribution in [0, 0.1) is 5.92 Å². The molecule has 1 saturated heterocycles. The van der Waals surface area contributed by atoms with Crippen molar-refractivity contribution in [1.82, 2.24) is 15.1 Å². The zero-order valence-corrected chi connectivity index (χ0v) is 14.0. The Hall–Kier alpha value is -0.650. The highest BCUT2D eigenvalue weighted by Crippen LogP contribution is 2.41. The van der Waals surface area contributed by atoms with Crippen molar-refractivity contribution in [3.05, 3.63) is 0 Å². The quantitative estimate of drug-likeness (QED) is 0.709. The highest BCUT2D eigenvalue weighted by molar-refractivity contribution is 5.82. The van der Waals surface area contributed by atoms with Gasteiger partial charge in [-0.25, -0.2) is 4.79 Å². The number of likely N-dealkylation sites (N-methyl/N-ethyl adjacent to an activating group) is 3. The predicted molar refractivity (Wildman–Crippen MR) is 84.3 cm³/mol. The van der Waals surface area contributed by atoms with Crippen LogP contribution in [0.25, 0.3) is 0 Å². The van der Waals surface area contributed by atoms with Gasteiger partial charge in [0.2, 0.25) is 0 Å². The maximum Gasteiger partial charge on any atom is 0.327 e. The number of carbonyl (C=O) groups excluding carboxylic acids is 1. The second kappa shape index (κ2) is 7.07. The molecule has 0 bridgehead atoms. The van der Waals surface area contributed by atoms with E-state index in [1.807, 2.05) is 14.0 Å². The van der Waals surface area contributed by atoms with Crippen molar-refractivity contribution >= 4 is 5.97 Å². The molecule has 1 saturated carbocycles. The normalized spacial score (nSPS) is 26.6. The zero-order chi connectivity index (χ0) is 15.5. The van der Waals surface area contributed by atoms with Crippen molar-refractivity contribution in [2.75, 3.05) is 47.4 Å². The van der Waals surface area contributed by atoms with E-state index in [0.717, 1.165) is 25.9 Å². The van der Waals surface area contributed by atoms with Crippen LogP contribution in [0.1, 0.15) is 32.6 Å². The summed E-state index contributed by atoms with van der Waals surface area (Å²) in [6.07, 6.45) is 4.70. The Balaban J connectivity index is 2.05. The predicted octanol–water partition coefficient (Wildman–Crippen LogP) is 0.944. The molecular weight excluding hydrogens is 266 g/mol. The number of hydrogen-bond acceptors (Lipinski definition) is 5. The molecule has 0 radical (unpaired) electrons. The smallest absolute Gasteiger partial charge is 0.327 e. The SMILES string of the molecule is CCOC(=O)C(CN(C)C1CCCN(C)C1)(NC)C1CC1. The van der Waals surface area contributed by atoms with Crippen LogP contribution in [-0.2, 0) is 9.53 Å². The molecule has 2 aliphatic rings. The van der Waals surface area contributed by atoms with Crippen molar-refractivity contribution in [1.29, 1.82) is 0 Å². The summed E-state index contributed by atoms with van der Waals surface area (Å²) in [5, 5.41) is 3.31. The lowest BCUT2D eigenvalue weighted by atomic mass is 9.91. The average Bonchev–Trinajstić information content (AvgIpc) is 3.29. The summed E-state index contributed by atoms with van der Waals surface area (Å²) < 4.78 is 5.37. The maximum atomic E-state index is 12.5. The molecule has 0 aromatic rings. The van der Waals surface area contributed by atoms with E-state index in [4.69, 9.17) is 4.74 Å². The zero-order valence-electron chi connectivity index (χ0n) is 14.0. The molecule has 21 heavy (non-hydrogen) atoms. The third kappa shape index (κ3) is 3.76. The number of carbonyl (C=O) groups is 1. The van der Waals surface area contributed by atoms with E-state index in [1.165, 1.54) is 19.4 Å². The van der Waals surface area contributed by atoms with E-state index in [1.54, 1.807) is 0 Å². The molecular formula is C16H31N3O2. The molecule has 0 aromatic carbocycles. The van der Waals surface area contributed by atoms with Gasteiger partial charge >= 0.3 is 5.97 Å². The Morgan fingerprint density at radius 2 is 2.14 bits per heavy atom. The Morgan fingerprint density at radius 3 is 2.67 bits per heavy atom. The third-order valence-electron chi connectivity index (χ3n) is 5.08. The maximum absolute atomic E-state index is 12.5. The van der Waals surface area contributed by atoms with Gasteiger partial charge in [0.15, 0.2) is 0 Å². The largest absolute Gasteiger partial charge is 0.465 e. The summed E-state index contributed by atoms with van der Waals surface area (Å²) in [7, 11) is 6.23. The highest BCUT2D eigenvalue weighted by Gasteiger charge is 2.52. The lowest BCUT2D eigenvalue weighted by Crippen LogP contribution is -2.62. The lowest BCUT2D eigenvalue weighted by molar-refractivity contribution is -0.153. The lowest BCUT2D eigenvalue weighted by Gasteiger charge is -2.41. The fourth-order valence-electron chi connectivity index (χ4n) is 3.60. The first kappa shape index (κ1) is 16.7. The molecule has 2 rings (SSSR count). The second-order valence-corrected chi connectivity index (χ2v) is 6.69. The van der Waals surface area contributed by atoms with Crippen LogP contribution in [0.3, 0.4) is 0 Å². The van der Waals surface area contributed by atoms with Crippen molar-refractivity contribution < 1.29 is 9.53 Å². The fraction of sp³-hybridized carbons (Fsp3) is 0.938. The van der Waals surface area contributed by atoms with Crippen LogP contribution < -0.4 is 5.32 Å². The van der Waals surface area contributed by atoms with Gasteiger partial charge in [-0.2, -0.15) is 0 Å². The van der Waals surface area contributed by atoms with Crippen LogP contribution in [0.4, 0.5) is 0 Å². The number of nitrogens with one attached hydrogen (secondary N) is 1. The Kier molecular flexibility index (Phi) is 5.63. The summed E-state index contributed by atoms with van der Waals surface area (Å²) >= 11 is 0. The molecule has 5 nitrogen and oxygen atoms in total. The molecule has 5 heteroatoms. The van der Waals surface area contributed by atoms with E-state index >= 15 is 0 Å². The van der Waals surface area contributed by atoms with E-state index in [9.17, 15) is 4.79 Å². The van der Waals surface area contributed by atoms with E-state index in [0.29, 0.717) is 18.6 Å².